The van der Waals surface area contributed by atoms with Crippen molar-refractivity contribution in [3.05, 3.63) is 59.8 Å². The van der Waals surface area contributed by atoms with Crippen LogP contribution >= 0.6 is 0 Å². The minimum Gasteiger partial charge on any atom is -0.508 e. The number of aryl methyl sites for hydroxylation is 1. The third kappa shape index (κ3) is 4.22. The van der Waals surface area contributed by atoms with Crippen LogP contribution in [0.25, 0.3) is 10.9 Å². The van der Waals surface area contributed by atoms with E-state index in [1.165, 1.54) is 12.8 Å². The first-order valence-electron chi connectivity index (χ1n) is 13.8. The van der Waals surface area contributed by atoms with Gasteiger partial charge >= 0.3 is 0 Å². The Kier molecular flexibility index (Phi) is 6.03. The van der Waals surface area contributed by atoms with E-state index in [2.05, 4.69) is 23.8 Å². The maximum atomic E-state index is 13.5. The van der Waals surface area contributed by atoms with Crippen molar-refractivity contribution in [1.82, 2.24) is 19.6 Å². The first kappa shape index (κ1) is 24.4. The van der Waals surface area contributed by atoms with Crippen LogP contribution in [0, 0.1) is 12.8 Å². The molecule has 3 heterocycles. The number of nitrogens with zero attached hydrogens (tertiary/aromatic N) is 4. The highest BCUT2D eigenvalue weighted by Crippen LogP contribution is 2.53. The molecule has 1 aliphatic carbocycles. The van der Waals surface area contributed by atoms with Crippen molar-refractivity contribution >= 4 is 16.8 Å². The van der Waals surface area contributed by atoms with Crippen LogP contribution in [0.2, 0.25) is 0 Å². The molecule has 2 saturated heterocycles. The molecule has 3 atom stereocenters. The number of rotatable bonds is 5. The molecule has 1 aromatic heterocycles. The molecule has 0 bridgehead atoms. The lowest BCUT2D eigenvalue weighted by molar-refractivity contribution is -0.137. The molecule has 1 amide bonds. The minimum absolute atomic E-state index is 0.0281. The van der Waals surface area contributed by atoms with Crippen LogP contribution in [0.5, 0.6) is 5.75 Å². The van der Waals surface area contributed by atoms with E-state index in [1.807, 2.05) is 47.5 Å². The number of likely N-dealkylation sites (tertiary alicyclic amines) is 2. The number of fused-ring (bicyclic) bond motifs is 2. The van der Waals surface area contributed by atoms with Gasteiger partial charge in [-0.2, -0.15) is 5.10 Å². The summed E-state index contributed by atoms with van der Waals surface area (Å²) in [5.74, 6) is 1.00. The summed E-state index contributed by atoms with van der Waals surface area (Å²) in [7, 11) is 0. The molecule has 3 fully saturated rings. The molecule has 3 aliphatic rings. The summed E-state index contributed by atoms with van der Waals surface area (Å²) in [5.41, 5.74) is 1.47. The lowest BCUT2D eigenvalue weighted by atomic mass is 9.57. The standard InChI is InChI=1S/C30H38N4O3/c1-21-7-10-25(35)17-26(21)29-11-14-32(28(36)20-34-19-24-5-3-4-6-27(24)31-34)16-13-30(29,37)22(2)33(15-12-29)18-23-8-9-23/h3-7,10,17,19,22-23,35,37H,8-9,11-16,18,20H2,1-2H3. The second-order valence-corrected chi connectivity index (χ2v) is 11.6. The number of carbonyl (C=O) groups is 1. The van der Waals surface area contributed by atoms with Gasteiger partial charge in [0.1, 0.15) is 12.3 Å². The van der Waals surface area contributed by atoms with Crippen LogP contribution in [-0.2, 0) is 16.8 Å². The van der Waals surface area contributed by atoms with E-state index < -0.39 is 11.0 Å². The minimum atomic E-state index is -1.01. The van der Waals surface area contributed by atoms with Gasteiger partial charge in [0.25, 0.3) is 0 Å². The highest BCUT2D eigenvalue weighted by atomic mass is 16.3. The third-order valence-corrected chi connectivity index (χ3v) is 9.50. The van der Waals surface area contributed by atoms with Crippen molar-refractivity contribution in [3.63, 3.8) is 0 Å². The Morgan fingerprint density at radius 3 is 2.62 bits per heavy atom. The average Bonchev–Trinajstić information content (AvgIpc) is 3.63. The highest BCUT2D eigenvalue weighted by Gasteiger charge is 2.59. The van der Waals surface area contributed by atoms with Gasteiger partial charge in [0, 0.05) is 42.7 Å². The van der Waals surface area contributed by atoms with Gasteiger partial charge in [0.2, 0.25) is 5.91 Å². The number of hydrogen-bond acceptors (Lipinski definition) is 5. The number of hydrogen-bond donors (Lipinski definition) is 2. The maximum absolute atomic E-state index is 13.5. The van der Waals surface area contributed by atoms with Gasteiger partial charge in [-0.3, -0.25) is 14.4 Å². The molecule has 2 N–H and O–H groups in total. The van der Waals surface area contributed by atoms with E-state index in [1.54, 1.807) is 10.7 Å². The molecule has 196 valence electrons. The van der Waals surface area contributed by atoms with E-state index >= 15 is 0 Å². The van der Waals surface area contributed by atoms with E-state index in [9.17, 15) is 15.0 Å². The van der Waals surface area contributed by atoms with Crippen LogP contribution < -0.4 is 0 Å². The quantitative estimate of drug-likeness (QED) is 0.554. The molecule has 3 aromatic rings. The molecule has 6 rings (SSSR count). The van der Waals surface area contributed by atoms with E-state index in [4.69, 9.17) is 0 Å². The SMILES string of the molecule is Cc1ccc(O)cc1C12CCN(C(=O)Cn3cc4ccccc4n3)CCC1(O)C(C)N(CC1CC1)CC2. The fourth-order valence-corrected chi connectivity index (χ4v) is 7.07. The first-order valence-corrected chi connectivity index (χ1v) is 13.8. The number of aromatic hydroxyl groups is 1. The van der Waals surface area contributed by atoms with Crippen LogP contribution in [0.4, 0.5) is 0 Å². The normalized spacial score (nSPS) is 28.7. The summed E-state index contributed by atoms with van der Waals surface area (Å²) in [4.78, 5) is 17.9. The summed E-state index contributed by atoms with van der Waals surface area (Å²) in [6.07, 6.45) is 6.48. The van der Waals surface area contributed by atoms with Crippen molar-refractivity contribution in [2.45, 2.75) is 69.6 Å². The van der Waals surface area contributed by atoms with Crippen molar-refractivity contribution in [2.24, 2.45) is 5.92 Å². The Morgan fingerprint density at radius 2 is 1.84 bits per heavy atom. The Bertz CT molecular complexity index is 1280. The summed E-state index contributed by atoms with van der Waals surface area (Å²) < 4.78 is 1.73. The van der Waals surface area contributed by atoms with Gasteiger partial charge in [0.15, 0.2) is 0 Å². The van der Waals surface area contributed by atoms with Gasteiger partial charge in [-0.15, -0.1) is 0 Å². The number of benzene rings is 2. The van der Waals surface area contributed by atoms with Crippen molar-refractivity contribution in [3.8, 4) is 5.75 Å². The molecular weight excluding hydrogens is 464 g/mol. The Morgan fingerprint density at radius 1 is 1.08 bits per heavy atom. The Hall–Kier alpha value is -2.90. The third-order valence-electron chi connectivity index (χ3n) is 9.50. The van der Waals surface area contributed by atoms with Crippen LogP contribution in [0.3, 0.4) is 0 Å². The van der Waals surface area contributed by atoms with Gasteiger partial charge in [-0.1, -0.05) is 24.3 Å². The van der Waals surface area contributed by atoms with Gasteiger partial charge in [-0.25, -0.2) is 0 Å². The lowest BCUT2D eigenvalue weighted by Gasteiger charge is -2.57. The molecular formula is C30H38N4O3. The topological polar surface area (TPSA) is 81.8 Å². The van der Waals surface area contributed by atoms with Gasteiger partial charge in [-0.05, 0) is 87.7 Å². The molecule has 0 spiro atoms. The number of phenolic OH excluding ortho intramolecular Hbond substituents is 1. The molecule has 2 aromatic carbocycles. The Labute approximate surface area is 218 Å². The summed E-state index contributed by atoms with van der Waals surface area (Å²) >= 11 is 0. The summed E-state index contributed by atoms with van der Waals surface area (Å²) in [6.45, 7) is 7.47. The van der Waals surface area contributed by atoms with E-state index in [-0.39, 0.29) is 24.2 Å². The van der Waals surface area contributed by atoms with Crippen LogP contribution in [0.15, 0.2) is 48.7 Å². The van der Waals surface area contributed by atoms with Crippen LogP contribution in [0.1, 0.15) is 50.2 Å². The predicted octanol–water partition coefficient (Wildman–Crippen LogP) is 3.85. The maximum Gasteiger partial charge on any atom is 0.244 e. The largest absolute Gasteiger partial charge is 0.508 e. The lowest BCUT2D eigenvalue weighted by Crippen LogP contribution is -2.68. The fourth-order valence-electron chi connectivity index (χ4n) is 7.07. The number of carbonyl (C=O) groups excluding carboxylic acids is 1. The average molecular weight is 503 g/mol. The van der Waals surface area contributed by atoms with E-state index in [0.717, 1.165) is 47.5 Å². The summed E-state index contributed by atoms with van der Waals surface area (Å²) in [5, 5.41) is 28.7. The number of aromatic nitrogens is 2. The molecule has 7 nitrogen and oxygen atoms in total. The molecule has 2 aliphatic heterocycles. The first-order chi connectivity index (χ1) is 17.8. The van der Waals surface area contributed by atoms with Crippen molar-refractivity contribution in [2.75, 3.05) is 26.2 Å². The van der Waals surface area contributed by atoms with Crippen molar-refractivity contribution in [1.29, 1.82) is 0 Å². The molecule has 37 heavy (non-hydrogen) atoms. The number of phenols is 1. The zero-order valence-corrected chi connectivity index (χ0v) is 21.9. The predicted molar refractivity (Wildman–Crippen MR) is 143 cm³/mol. The van der Waals surface area contributed by atoms with Gasteiger partial charge in [0.05, 0.1) is 11.1 Å². The molecule has 7 heteroatoms. The van der Waals surface area contributed by atoms with E-state index in [0.29, 0.717) is 25.9 Å². The van der Waals surface area contributed by atoms with Crippen molar-refractivity contribution < 1.29 is 15.0 Å². The fraction of sp³-hybridized carbons (Fsp3) is 0.533. The molecule has 1 saturated carbocycles. The smallest absolute Gasteiger partial charge is 0.244 e. The monoisotopic (exact) mass is 502 g/mol. The molecule has 0 radical (unpaired) electrons. The summed E-state index contributed by atoms with van der Waals surface area (Å²) in [6, 6.07) is 13.4. The highest BCUT2D eigenvalue weighted by molar-refractivity contribution is 5.80. The number of aliphatic hydroxyl groups is 1. The Balaban J connectivity index is 1.31. The zero-order valence-electron chi connectivity index (χ0n) is 21.9. The molecule has 3 unspecified atom stereocenters. The second-order valence-electron chi connectivity index (χ2n) is 11.6. The van der Waals surface area contributed by atoms with Crippen LogP contribution in [-0.4, -0.2) is 73.5 Å². The second kappa shape index (κ2) is 9.14. The number of piperidine rings is 1. The zero-order chi connectivity index (χ0) is 25.8. The van der Waals surface area contributed by atoms with Gasteiger partial charge < -0.3 is 15.1 Å². The number of amides is 1.